The van der Waals surface area contributed by atoms with Crippen LogP contribution in [0.4, 0.5) is 0 Å². The minimum atomic E-state index is -0.260. The number of quaternary nitrogens is 2. The van der Waals surface area contributed by atoms with Gasteiger partial charge < -0.3 is 16.0 Å². The van der Waals surface area contributed by atoms with Crippen molar-refractivity contribution in [2.45, 2.75) is 6.04 Å². The number of hydrogen-bond acceptors (Lipinski definition) is 1. The average molecular weight is 256 g/mol. The molecule has 5 N–H and O–H groups in total. The van der Waals surface area contributed by atoms with Gasteiger partial charge in [0.2, 0.25) is 0 Å². The fourth-order valence-electron chi connectivity index (χ4n) is 2.39. The number of hydrogen-bond donors (Lipinski definition) is 3. The van der Waals surface area contributed by atoms with Crippen molar-refractivity contribution in [3.8, 4) is 0 Å². The molecule has 92 valence electrons. The van der Waals surface area contributed by atoms with Gasteiger partial charge >= 0.3 is 0 Å². The summed E-state index contributed by atoms with van der Waals surface area (Å²) in [4.78, 5) is 12.9. The van der Waals surface area contributed by atoms with Gasteiger partial charge in [0.25, 0.3) is 5.91 Å². The molecule has 0 unspecified atom stereocenters. The number of primary amides is 1. The molecule has 0 saturated carbocycles. The maximum atomic E-state index is 11.6. The van der Waals surface area contributed by atoms with Crippen LogP contribution in [-0.2, 0) is 4.79 Å². The van der Waals surface area contributed by atoms with Crippen LogP contribution in [0.15, 0.2) is 24.3 Å². The second-order valence-corrected chi connectivity index (χ2v) is 4.85. The third kappa shape index (κ3) is 2.97. The number of carbonyl (C=O) groups is 1. The number of carbonyl (C=O) groups excluding carboxylic acids is 1. The van der Waals surface area contributed by atoms with Gasteiger partial charge in [0.15, 0.2) is 6.04 Å². The molecular weight excluding hydrogens is 238 g/mol. The van der Waals surface area contributed by atoms with Crippen molar-refractivity contribution >= 4 is 17.5 Å². The molecule has 0 spiro atoms. The summed E-state index contributed by atoms with van der Waals surface area (Å²) in [5, 5.41) is 2.95. The molecule has 0 radical (unpaired) electrons. The first-order chi connectivity index (χ1) is 8.18. The smallest absolute Gasteiger partial charge is 0.280 e. The van der Waals surface area contributed by atoms with Crippen LogP contribution in [0.3, 0.4) is 0 Å². The minimum absolute atomic E-state index is 0.249. The van der Waals surface area contributed by atoms with E-state index in [9.17, 15) is 4.79 Å². The molecule has 1 aliphatic heterocycles. The predicted molar refractivity (Wildman–Crippen MR) is 65.7 cm³/mol. The molecule has 1 saturated heterocycles. The third-order valence-electron chi connectivity index (χ3n) is 3.24. The molecule has 5 heteroatoms. The lowest BCUT2D eigenvalue weighted by Gasteiger charge is -2.28. The Labute approximate surface area is 106 Å². The summed E-state index contributed by atoms with van der Waals surface area (Å²) in [5.74, 6) is -0.260. The Balaban J connectivity index is 2.21. The van der Waals surface area contributed by atoms with E-state index in [4.69, 9.17) is 17.3 Å². The maximum Gasteiger partial charge on any atom is 0.280 e. The summed E-state index contributed by atoms with van der Waals surface area (Å²) >= 11 is 5.85. The molecule has 1 aromatic rings. The molecule has 0 aromatic heterocycles. The number of nitrogens with two attached hydrogens (primary N) is 2. The number of piperazine rings is 1. The molecule has 1 fully saturated rings. The Morgan fingerprint density at radius 3 is 2.41 bits per heavy atom. The summed E-state index contributed by atoms with van der Waals surface area (Å²) in [5.41, 5.74) is 6.49. The molecule has 1 heterocycles. The van der Waals surface area contributed by atoms with Gasteiger partial charge in [0.1, 0.15) is 26.2 Å². The Bertz CT molecular complexity index is 387. The van der Waals surface area contributed by atoms with Crippen molar-refractivity contribution in [3.05, 3.63) is 34.9 Å². The summed E-state index contributed by atoms with van der Waals surface area (Å²) in [6.45, 7) is 4.03. The lowest BCUT2D eigenvalue weighted by molar-refractivity contribution is -0.964. The highest BCUT2D eigenvalue weighted by Gasteiger charge is 2.31. The molecule has 1 atom stereocenters. The SMILES string of the molecule is NC(=O)[C@H](c1ccc(Cl)cc1)[NH+]1CC[NH2+]CC1. The van der Waals surface area contributed by atoms with Crippen LogP contribution < -0.4 is 16.0 Å². The van der Waals surface area contributed by atoms with Crippen molar-refractivity contribution < 1.29 is 15.0 Å². The van der Waals surface area contributed by atoms with Crippen LogP contribution in [0.25, 0.3) is 0 Å². The van der Waals surface area contributed by atoms with E-state index in [2.05, 4.69) is 5.32 Å². The summed E-state index contributed by atoms with van der Waals surface area (Å²) in [6.07, 6.45) is 0. The number of benzene rings is 1. The van der Waals surface area contributed by atoms with E-state index in [0.717, 1.165) is 31.7 Å². The monoisotopic (exact) mass is 255 g/mol. The van der Waals surface area contributed by atoms with Gasteiger partial charge in [0, 0.05) is 10.6 Å². The van der Waals surface area contributed by atoms with E-state index in [1.807, 2.05) is 24.3 Å². The highest BCUT2D eigenvalue weighted by molar-refractivity contribution is 6.30. The predicted octanol–water partition coefficient (Wildman–Crippen LogP) is -1.67. The standard InChI is InChI=1S/C12H16ClN3O/c13-10-3-1-9(2-4-10)11(12(14)17)16-7-5-15-6-8-16/h1-4,11,15H,5-8H2,(H2,14,17)/p+2/t11-/m0/s1. The molecule has 2 rings (SSSR count). The van der Waals surface area contributed by atoms with Crippen molar-refractivity contribution in [1.82, 2.24) is 0 Å². The van der Waals surface area contributed by atoms with E-state index in [1.54, 1.807) is 0 Å². The second kappa shape index (κ2) is 5.49. The van der Waals surface area contributed by atoms with Crippen LogP contribution in [0.1, 0.15) is 11.6 Å². The Morgan fingerprint density at radius 1 is 1.29 bits per heavy atom. The van der Waals surface area contributed by atoms with E-state index in [0.29, 0.717) is 5.02 Å². The Morgan fingerprint density at radius 2 is 1.88 bits per heavy atom. The summed E-state index contributed by atoms with van der Waals surface area (Å²) < 4.78 is 0. The van der Waals surface area contributed by atoms with Crippen LogP contribution in [0, 0.1) is 0 Å². The molecule has 0 aliphatic carbocycles. The number of rotatable bonds is 3. The third-order valence-corrected chi connectivity index (χ3v) is 3.49. The number of halogens is 1. The fraction of sp³-hybridized carbons (Fsp3) is 0.417. The summed E-state index contributed by atoms with van der Waals surface area (Å²) in [7, 11) is 0. The van der Waals surface area contributed by atoms with Crippen molar-refractivity contribution in [2.75, 3.05) is 26.2 Å². The van der Waals surface area contributed by atoms with Crippen LogP contribution in [0.5, 0.6) is 0 Å². The van der Waals surface area contributed by atoms with E-state index < -0.39 is 0 Å². The molecule has 4 nitrogen and oxygen atoms in total. The molecule has 1 amide bonds. The van der Waals surface area contributed by atoms with Gasteiger partial charge in [-0.1, -0.05) is 23.7 Å². The highest BCUT2D eigenvalue weighted by atomic mass is 35.5. The second-order valence-electron chi connectivity index (χ2n) is 4.41. The van der Waals surface area contributed by atoms with Gasteiger partial charge in [-0.3, -0.25) is 4.79 Å². The van der Waals surface area contributed by atoms with Gasteiger partial charge in [0.05, 0.1) is 0 Å². The first-order valence-corrected chi connectivity index (χ1v) is 6.27. The van der Waals surface area contributed by atoms with Gasteiger partial charge in [-0.05, 0) is 12.1 Å². The zero-order valence-corrected chi connectivity index (χ0v) is 10.4. The lowest BCUT2D eigenvalue weighted by atomic mass is 10.0. The maximum absolute atomic E-state index is 11.6. The van der Waals surface area contributed by atoms with Crippen LogP contribution in [0.2, 0.25) is 5.02 Å². The first kappa shape index (κ1) is 12.4. The topological polar surface area (TPSA) is 64.1 Å². The Kier molecular flexibility index (Phi) is 3.99. The lowest BCUT2D eigenvalue weighted by Crippen LogP contribution is -3.21. The molecule has 1 aromatic carbocycles. The zero-order chi connectivity index (χ0) is 12.3. The van der Waals surface area contributed by atoms with E-state index in [1.165, 1.54) is 4.90 Å². The van der Waals surface area contributed by atoms with Gasteiger partial charge in [-0.15, -0.1) is 0 Å². The van der Waals surface area contributed by atoms with E-state index >= 15 is 0 Å². The van der Waals surface area contributed by atoms with Crippen molar-refractivity contribution in [2.24, 2.45) is 5.73 Å². The largest absolute Gasteiger partial charge is 0.364 e. The normalized spacial score (nSPS) is 18.9. The number of nitrogens with one attached hydrogen (secondary N) is 1. The highest BCUT2D eigenvalue weighted by Crippen LogP contribution is 2.14. The quantitative estimate of drug-likeness (QED) is 0.594. The van der Waals surface area contributed by atoms with Crippen molar-refractivity contribution in [3.63, 3.8) is 0 Å². The van der Waals surface area contributed by atoms with Crippen molar-refractivity contribution in [1.29, 1.82) is 0 Å². The van der Waals surface area contributed by atoms with Crippen LogP contribution in [-0.4, -0.2) is 32.1 Å². The summed E-state index contributed by atoms with van der Waals surface area (Å²) in [6, 6.07) is 7.15. The molecule has 0 bridgehead atoms. The number of amides is 1. The average Bonchev–Trinajstić information content (AvgIpc) is 2.33. The molecule has 1 aliphatic rings. The van der Waals surface area contributed by atoms with Crippen LogP contribution >= 0.6 is 11.6 Å². The minimum Gasteiger partial charge on any atom is -0.364 e. The first-order valence-electron chi connectivity index (χ1n) is 5.89. The molecular formula is C12H18ClN3O+2. The molecule has 17 heavy (non-hydrogen) atoms. The van der Waals surface area contributed by atoms with Gasteiger partial charge in [-0.25, -0.2) is 0 Å². The fourth-order valence-corrected chi connectivity index (χ4v) is 2.52. The van der Waals surface area contributed by atoms with Gasteiger partial charge in [-0.2, -0.15) is 0 Å². The zero-order valence-electron chi connectivity index (χ0n) is 9.66. The van der Waals surface area contributed by atoms with E-state index in [-0.39, 0.29) is 11.9 Å². The Hall–Kier alpha value is -1.10.